The minimum atomic E-state index is 0.244. The molecule has 0 saturated carbocycles. The smallest absolute Gasteiger partial charge is 0.237 e. The lowest BCUT2D eigenvalue weighted by molar-refractivity contribution is -0.133. The topological polar surface area (TPSA) is 32.8 Å². The highest BCUT2D eigenvalue weighted by molar-refractivity contribution is 5.78. The molecule has 0 bridgehead atoms. The van der Waals surface area contributed by atoms with E-state index in [9.17, 15) is 4.79 Å². The number of hydrogen-bond donors (Lipinski definition) is 0. The molecule has 1 aromatic carbocycles. The van der Waals surface area contributed by atoms with Crippen LogP contribution in [0, 0.1) is 6.92 Å². The summed E-state index contributed by atoms with van der Waals surface area (Å²) >= 11 is 0. The number of methoxy groups -OCH3 is 1. The largest absolute Gasteiger partial charge is 0.385 e. The van der Waals surface area contributed by atoms with E-state index in [1.54, 1.807) is 7.11 Å². The van der Waals surface area contributed by atoms with E-state index in [0.29, 0.717) is 19.7 Å². The van der Waals surface area contributed by atoms with Crippen LogP contribution in [0.25, 0.3) is 0 Å². The maximum atomic E-state index is 12.8. The Morgan fingerprint density at radius 2 is 1.79 bits per heavy atom. The molecule has 1 fully saturated rings. The van der Waals surface area contributed by atoms with Gasteiger partial charge in [-0.1, -0.05) is 42.7 Å². The predicted molar refractivity (Wildman–Crippen MR) is 98.0 cm³/mol. The molecule has 0 unspecified atom stereocenters. The molecule has 1 aliphatic rings. The van der Waals surface area contributed by atoms with Gasteiger partial charge in [0.25, 0.3) is 0 Å². The summed E-state index contributed by atoms with van der Waals surface area (Å²) in [5, 5.41) is 0. The van der Waals surface area contributed by atoms with Crippen LogP contribution in [0.1, 0.15) is 43.2 Å². The summed E-state index contributed by atoms with van der Waals surface area (Å²) < 4.78 is 5.16. The van der Waals surface area contributed by atoms with Crippen molar-refractivity contribution >= 4 is 5.91 Å². The van der Waals surface area contributed by atoms with Gasteiger partial charge in [-0.05, 0) is 44.8 Å². The molecule has 0 radical (unpaired) electrons. The highest BCUT2D eigenvalue weighted by Crippen LogP contribution is 2.12. The van der Waals surface area contributed by atoms with Crippen LogP contribution in [0.15, 0.2) is 24.3 Å². The molecule has 1 saturated heterocycles. The molecule has 0 spiro atoms. The van der Waals surface area contributed by atoms with Crippen molar-refractivity contribution in [1.29, 1.82) is 0 Å². The number of likely N-dealkylation sites (tertiary alicyclic amines) is 1. The number of aryl methyl sites for hydroxylation is 1. The van der Waals surface area contributed by atoms with Gasteiger partial charge in [-0.2, -0.15) is 0 Å². The van der Waals surface area contributed by atoms with Crippen LogP contribution in [-0.4, -0.2) is 55.6 Å². The van der Waals surface area contributed by atoms with Crippen LogP contribution in [0.4, 0.5) is 0 Å². The third kappa shape index (κ3) is 6.62. The molecule has 1 amide bonds. The average Bonchev–Trinajstić information content (AvgIpc) is 2.84. The molecule has 0 aliphatic carbocycles. The predicted octanol–water partition coefficient (Wildman–Crippen LogP) is 3.24. The molecule has 0 aromatic heterocycles. The molecular formula is C20H32N2O2. The SMILES string of the molecule is COCCCN(Cc1ccc(C)cc1)C(=O)CN1CCCCCC1. The fraction of sp³-hybridized carbons (Fsp3) is 0.650. The zero-order valence-corrected chi connectivity index (χ0v) is 15.3. The average molecular weight is 332 g/mol. The van der Waals surface area contributed by atoms with Crippen molar-refractivity contribution in [3.63, 3.8) is 0 Å². The molecule has 0 atom stereocenters. The maximum Gasteiger partial charge on any atom is 0.237 e. The second kappa shape index (κ2) is 10.5. The molecular weight excluding hydrogens is 300 g/mol. The third-order valence-corrected chi connectivity index (χ3v) is 4.68. The molecule has 4 nitrogen and oxygen atoms in total. The first-order valence-corrected chi connectivity index (χ1v) is 9.23. The van der Waals surface area contributed by atoms with Crippen molar-refractivity contribution in [2.45, 2.75) is 45.6 Å². The number of amides is 1. The fourth-order valence-electron chi connectivity index (χ4n) is 3.19. The van der Waals surface area contributed by atoms with Crippen molar-refractivity contribution in [2.24, 2.45) is 0 Å². The lowest BCUT2D eigenvalue weighted by Gasteiger charge is -2.27. The van der Waals surface area contributed by atoms with Gasteiger partial charge >= 0.3 is 0 Å². The van der Waals surface area contributed by atoms with E-state index in [-0.39, 0.29) is 5.91 Å². The third-order valence-electron chi connectivity index (χ3n) is 4.68. The van der Waals surface area contributed by atoms with Crippen molar-refractivity contribution < 1.29 is 9.53 Å². The van der Waals surface area contributed by atoms with Gasteiger partial charge in [0, 0.05) is 26.8 Å². The van der Waals surface area contributed by atoms with Gasteiger partial charge in [0.15, 0.2) is 0 Å². The first-order chi connectivity index (χ1) is 11.7. The van der Waals surface area contributed by atoms with Gasteiger partial charge < -0.3 is 9.64 Å². The Kier molecular flexibility index (Phi) is 8.26. The van der Waals surface area contributed by atoms with Crippen molar-refractivity contribution in [1.82, 2.24) is 9.80 Å². The lowest BCUT2D eigenvalue weighted by Crippen LogP contribution is -2.41. The summed E-state index contributed by atoms with van der Waals surface area (Å²) in [7, 11) is 1.71. The summed E-state index contributed by atoms with van der Waals surface area (Å²) in [6, 6.07) is 8.47. The Morgan fingerprint density at radius 3 is 2.42 bits per heavy atom. The molecule has 1 aliphatic heterocycles. The van der Waals surface area contributed by atoms with E-state index in [2.05, 4.69) is 36.1 Å². The van der Waals surface area contributed by atoms with Crippen LogP contribution >= 0.6 is 0 Å². The maximum absolute atomic E-state index is 12.8. The Balaban J connectivity index is 1.94. The zero-order chi connectivity index (χ0) is 17.2. The first-order valence-electron chi connectivity index (χ1n) is 9.23. The molecule has 2 rings (SSSR count). The molecule has 4 heteroatoms. The van der Waals surface area contributed by atoms with E-state index in [1.807, 2.05) is 4.90 Å². The van der Waals surface area contributed by atoms with Gasteiger partial charge in [0.1, 0.15) is 0 Å². The second-order valence-electron chi connectivity index (χ2n) is 6.84. The van der Waals surface area contributed by atoms with Crippen LogP contribution in [-0.2, 0) is 16.1 Å². The zero-order valence-electron chi connectivity index (χ0n) is 15.3. The summed E-state index contributed by atoms with van der Waals surface area (Å²) in [5.41, 5.74) is 2.45. The molecule has 24 heavy (non-hydrogen) atoms. The standard InChI is InChI=1S/C20H32N2O2/c1-18-8-10-19(11-9-18)16-22(14-7-15-24-2)20(23)17-21-12-5-3-4-6-13-21/h8-11H,3-7,12-17H2,1-2H3. The van der Waals surface area contributed by atoms with Gasteiger partial charge in [-0.3, -0.25) is 9.69 Å². The Morgan fingerprint density at radius 1 is 1.12 bits per heavy atom. The van der Waals surface area contributed by atoms with Crippen LogP contribution in [0.3, 0.4) is 0 Å². The summed E-state index contributed by atoms with van der Waals surface area (Å²) in [6.45, 7) is 6.90. The van der Waals surface area contributed by atoms with Crippen molar-refractivity contribution in [3.05, 3.63) is 35.4 Å². The van der Waals surface area contributed by atoms with E-state index < -0.39 is 0 Å². The summed E-state index contributed by atoms with van der Waals surface area (Å²) in [6.07, 6.45) is 5.91. The minimum absolute atomic E-state index is 0.244. The quantitative estimate of drug-likeness (QED) is 0.685. The normalized spacial score (nSPS) is 15.9. The summed E-state index contributed by atoms with van der Waals surface area (Å²) in [5.74, 6) is 0.244. The number of hydrogen-bond acceptors (Lipinski definition) is 3. The van der Waals surface area contributed by atoms with Gasteiger partial charge in [-0.15, -0.1) is 0 Å². The number of benzene rings is 1. The molecule has 0 N–H and O–H groups in total. The summed E-state index contributed by atoms with van der Waals surface area (Å²) in [4.78, 5) is 17.2. The minimum Gasteiger partial charge on any atom is -0.385 e. The second-order valence-corrected chi connectivity index (χ2v) is 6.84. The number of carbonyl (C=O) groups is 1. The number of nitrogens with zero attached hydrogens (tertiary/aromatic N) is 2. The van der Waals surface area contributed by atoms with Crippen LogP contribution < -0.4 is 0 Å². The van der Waals surface area contributed by atoms with Crippen LogP contribution in [0.5, 0.6) is 0 Å². The number of ether oxygens (including phenoxy) is 1. The van der Waals surface area contributed by atoms with Crippen molar-refractivity contribution in [2.75, 3.05) is 39.9 Å². The van der Waals surface area contributed by atoms with E-state index >= 15 is 0 Å². The Hall–Kier alpha value is -1.39. The number of carbonyl (C=O) groups excluding carboxylic acids is 1. The number of rotatable bonds is 8. The van der Waals surface area contributed by atoms with E-state index in [0.717, 1.165) is 26.1 Å². The Labute approximate surface area is 146 Å². The van der Waals surface area contributed by atoms with Crippen molar-refractivity contribution in [3.8, 4) is 0 Å². The van der Waals surface area contributed by atoms with Crippen LogP contribution in [0.2, 0.25) is 0 Å². The molecule has 1 heterocycles. The van der Waals surface area contributed by atoms with Gasteiger partial charge in [0.2, 0.25) is 5.91 Å². The van der Waals surface area contributed by atoms with E-state index in [1.165, 1.54) is 36.8 Å². The van der Waals surface area contributed by atoms with Gasteiger partial charge in [0.05, 0.1) is 6.54 Å². The highest BCUT2D eigenvalue weighted by Gasteiger charge is 2.18. The Bertz CT molecular complexity index is 479. The monoisotopic (exact) mass is 332 g/mol. The molecule has 1 aromatic rings. The lowest BCUT2D eigenvalue weighted by atomic mass is 10.1. The highest BCUT2D eigenvalue weighted by atomic mass is 16.5. The molecule has 134 valence electrons. The fourth-order valence-corrected chi connectivity index (χ4v) is 3.19. The van der Waals surface area contributed by atoms with E-state index in [4.69, 9.17) is 4.74 Å². The first kappa shape index (κ1) is 18.9. The van der Waals surface area contributed by atoms with Gasteiger partial charge in [-0.25, -0.2) is 0 Å².